The van der Waals surface area contributed by atoms with E-state index in [2.05, 4.69) is 4.99 Å². The van der Waals surface area contributed by atoms with E-state index in [9.17, 15) is 9.59 Å². The molecule has 0 saturated heterocycles. The standard InChI is InChI=1S/C26H26N2O6S/c1-16-22(25(30)34-13-12-31-2)23(18-8-10-19(32-3)11-9-18)28-24(29)21(35-26(28)27-16)15-17-6-5-7-20(14-17)33-4/h5-11,14-15,23H,12-13H2,1-4H3/b21-15+. The fourth-order valence-corrected chi connectivity index (χ4v) is 4.91. The van der Waals surface area contributed by atoms with Crippen LogP contribution in [-0.4, -0.2) is 45.1 Å². The van der Waals surface area contributed by atoms with Gasteiger partial charge < -0.3 is 18.9 Å². The molecule has 0 bridgehead atoms. The highest BCUT2D eigenvalue weighted by Crippen LogP contribution is 2.31. The van der Waals surface area contributed by atoms with Crippen molar-refractivity contribution in [3.8, 4) is 11.5 Å². The van der Waals surface area contributed by atoms with Gasteiger partial charge in [0.25, 0.3) is 5.56 Å². The number of aromatic nitrogens is 1. The molecule has 9 heteroatoms. The summed E-state index contributed by atoms with van der Waals surface area (Å²) < 4.78 is 23.1. The summed E-state index contributed by atoms with van der Waals surface area (Å²) in [4.78, 5) is 31.9. The molecule has 182 valence electrons. The summed E-state index contributed by atoms with van der Waals surface area (Å²) in [5.74, 6) is 0.829. The summed E-state index contributed by atoms with van der Waals surface area (Å²) in [5, 5.41) is 0. The predicted molar refractivity (Wildman–Crippen MR) is 133 cm³/mol. The van der Waals surface area contributed by atoms with E-state index in [-0.39, 0.29) is 18.8 Å². The first-order valence-corrected chi connectivity index (χ1v) is 11.7. The Bertz CT molecular complexity index is 1440. The van der Waals surface area contributed by atoms with Crippen molar-refractivity contribution in [1.29, 1.82) is 0 Å². The third-order valence-electron chi connectivity index (χ3n) is 5.59. The van der Waals surface area contributed by atoms with Gasteiger partial charge >= 0.3 is 5.97 Å². The summed E-state index contributed by atoms with van der Waals surface area (Å²) in [6.07, 6.45) is 1.80. The van der Waals surface area contributed by atoms with E-state index in [1.807, 2.05) is 36.4 Å². The second-order valence-electron chi connectivity index (χ2n) is 7.76. The van der Waals surface area contributed by atoms with Gasteiger partial charge in [0, 0.05) is 7.11 Å². The van der Waals surface area contributed by atoms with Gasteiger partial charge in [-0.3, -0.25) is 9.36 Å². The van der Waals surface area contributed by atoms with Crippen LogP contribution in [0.2, 0.25) is 0 Å². The number of ether oxygens (including phenoxy) is 4. The molecule has 1 atom stereocenters. The zero-order valence-corrected chi connectivity index (χ0v) is 20.8. The Kier molecular flexibility index (Phi) is 7.48. The number of rotatable bonds is 8. The van der Waals surface area contributed by atoms with Gasteiger partial charge in [0.15, 0.2) is 4.80 Å². The molecule has 1 aliphatic rings. The highest BCUT2D eigenvalue weighted by atomic mass is 32.1. The molecule has 4 rings (SSSR count). The van der Waals surface area contributed by atoms with Crippen molar-refractivity contribution in [3.05, 3.63) is 90.6 Å². The maximum atomic E-state index is 13.6. The molecule has 3 aromatic rings. The average Bonchev–Trinajstić information content (AvgIpc) is 3.17. The maximum Gasteiger partial charge on any atom is 0.338 e. The van der Waals surface area contributed by atoms with Crippen LogP contribution in [-0.2, 0) is 14.3 Å². The first-order valence-electron chi connectivity index (χ1n) is 10.9. The van der Waals surface area contributed by atoms with E-state index >= 15 is 0 Å². The molecule has 2 heterocycles. The number of hydrogen-bond donors (Lipinski definition) is 0. The largest absolute Gasteiger partial charge is 0.497 e. The summed E-state index contributed by atoms with van der Waals surface area (Å²) in [6, 6.07) is 14.0. The maximum absolute atomic E-state index is 13.6. The highest BCUT2D eigenvalue weighted by molar-refractivity contribution is 7.07. The fraction of sp³-hybridized carbons (Fsp3) is 0.269. The number of esters is 1. The van der Waals surface area contributed by atoms with Crippen LogP contribution in [0, 0.1) is 0 Å². The van der Waals surface area contributed by atoms with Crippen molar-refractivity contribution in [3.63, 3.8) is 0 Å². The van der Waals surface area contributed by atoms with E-state index < -0.39 is 12.0 Å². The molecule has 0 fully saturated rings. The average molecular weight is 495 g/mol. The van der Waals surface area contributed by atoms with Gasteiger partial charge in [0.2, 0.25) is 0 Å². The van der Waals surface area contributed by atoms with Crippen molar-refractivity contribution in [2.24, 2.45) is 4.99 Å². The molecule has 35 heavy (non-hydrogen) atoms. The quantitative estimate of drug-likeness (QED) is 0.353. The number of fused-ring (bicyclic) bond motifs is 1. The molecular formula is C26H26N2O6S. The van der Waals surface area contributed by atoms with Crippen molar-refractivity contribution < 1.29 is 23.7 Å². The van der Waals surface area contributed by atoms with Crippen LogP contribution in [0.5, 0.6) is 11.5 Å². The van der Waals surface area contributed by atoms with Gasteiger partial charge in [0.1, 0.15) is 18.1 Å². The van der Waals surface area contributed by atoms with E-state index in [1.54, 1.807) is 43.9 Å². The number of methoxy groups -OCH3 is 3. The van der Waals surface area contributed by atoms with Gasteiger partial charge in [-0.2, -0.15) is 0 Å². The summed E-state index contributed by atoms with van der Waals surface area (Å²) in [7, 11) is 4.71. The summed E-state index contributed by atoms with van der Waals surface area (Å²) in [5.41, 5.74) is 2.14. The lowest BCUT2D eigenvalue weighted by Gasteiger charge is -2.25. The molecule has 0 aliphatic carbocycles. The summed E-state index contributed by atoms with van der Waals surface area (Å²) >= 11 is 1.27. The van der Waals surface area contributed by atoms with Gasteiger partial charge in [-0.1, -0.05) is 35.6 Å². The second kappa shape index (κ2) is 10.7. The first kappa shape index (κ1) is 24.4. The third kappa shape index (κ3) is 5.06. The minimum absolute atomic E-state index is 0.0989. The molecule has 0 amide bonds. The normalized spacial score (nSPS) is 15.4. The molecular weight excluding hydrogens is 468 g/mol. The molecule has 1 aliphatic heterocycles. The van der Waals surface area contributed by atoms with Crippen LogP contribution in [0.3, 0.4) is 0 Å². The highest BCUT2D eigenvalue weighted by Gasteiger charge is 2.33. The second-order valence-corrected chi connectivity index (χ2v) is 8.77. The van der Waals surface area contributed by atoms with Crippen molar-refractivity contribution in [2.45, 2.75) is 13.0 Å². The lowest BCUT2D eigenvalue weighted by Crippen LogP contribution is -2.40. The number of carbonyl (C=O) groups excluding carboxylic acids is 1. The number of thiazole rings is 1. The lowest BCUT2D eigenvalue weighted by molar-refractivity contribution is -0.140. The molecule has 0 radical (unpaired) electrons. The molecule has 0 N–H and O–H groups in total. The Hall–Kier alpha value is -3.69. The number of nitrogens with zero attached hydrogens (tertiary/aromatic N) is 2. The monoisotopic (exact) mass is 494 g/mol. The van der Waals surface area contributed by atoms with Crippen molar-refractivity contribution in [1.82, 2.24) is 4.57 Å². The SMILES string of the molecule is COCCOC(=O)C1=C(C)N=c2s/c(=C/c3cccc(OC)c3)c(=O)n2C1c1ccc(OC)cc1. The number of allylic oxidation sites excluding steroid dienone is 1. The van der Waals surface area contributed by atoms with Crippen LogP contribution in [0.1, 0.15) is 24.1 Å². The minimum atomic E-state index is -0.695. The van der Waals surface area contributed by atoms with E-state index in [1.165, 1.54) is 18.4 Å². The summed E-state index contributed by atoms with van der Waals surface area (Å²) in [6.45, 7) is 2.12. The van der Waals surface area contributed by atoms with Crippen LogP contribution >= 0.6 is 11.3 Å². The number of hydrogen-bond acceptors (Lipinski definition) is 8. The zero-order chi connectivity index (χ0) is 24.9. The van der Waals surface area contributed by atoms with E-state index in [4.69, 9.17) is 18.9 Å². The number of carbonyl (C=O) groups is 1. The number of benzene rings is 2. The van der Waals surface area contributed by atoms with Crippen LogP contribution in [0.25, 0.3) is 6.08 Å². The third-order valence-corrected chi connectivity index (χ3v) is 6.57. The van der Waals surface area contributed by atoms with Gasteiger partial charge in [-0.25, -0.2) is 9.79 Å². The van der Waals surface area contributed by atoms with E-state index in [0.29, 0.717) is 32.1 Å². The Balaban J connectivity index is 1.87. The Morgan fingerprint density at radius 2 is 1.80 bits per heavy atom. The van der Waals surface area contributed by atoms with Crippen molar-refractivity contribution >= 4 is 23.4 Å². The van der Waals surface area contributed by atoms with Gasteiger partial charge in [-0.15, -0.1) is 0 Å². The molecule has 1 aromatic heterocycles. The topological polar surface area (TPSA) is 88.4 Å². The van der Waals surface area contributed by atoms with Crippen molar-refractivity contribution in [2.75, 3.05) is 34.5 Å². The van der Waals surface area contributed by atoms with Crippen LogP contribution in [0.15, 0.2) is 69.6 Å². The molecule has 0 spiro atoms. The van der Waals surface area contributed by atoms with Crippen LogP contribution < -0.4 is 24.4 Å². The Labute approximate surface area is 206 Å². The molecule has 0 saturated carbocycles. The lowest BCUT2D eigenvalue weighted by atomic mass is 9.96. The minimum Gasteiger partial charge on any atom is -0.497 e. The van der Waals surface area contributed by atoms with Crippen LogP contribution in [0.4, 0.5) is 0 Å². The molecule has 1 unspecified atom stereocenters. The fourth-order valence-electron chi connectivity index (χ4n) is 3.86. The molecule has 8 nitrogen and oxygen atoms in total. The molecule has 2 aromatic carbocycles. The Morgan fingerprint density at radius 3 is 2.49 bits per heavy atom. The predicted octanol–water partition coefficient (Wildman–Crippen LogP) is 2.44. The van der Waals surface area contributed by atoms with Gasteiger partial charge in [-0.05, 0) is 48.4 Å². The smallest absolute Gasteiger partial charge is 0.338 e. The van der Waals surface area contributed by atoms with Gasteiger partial charge in [0.05, 0.1) is 42.7 Å². The van der Waals surface area contributed by atoms with E-state index in [0.717, 1.165) is 11.1 Å². The zero-order valence-electron chi connectivity index (χ0n) is 19.9. The Morgan fingerprint density at radius 1 is 1.06 bits per heavy atom. The first-order chi connectivity index (χ1) is 17.0.